The van der Waals surface area contributed by atoms with Gasteiger partial charge in [-0.2, -0.15) is 0 Å². The minimum Gasteiger partial charge on any atom is -0.395 e. The van der Waals surface area contributed by atoms with Crippen LogP contribution in [0, 0.1) is 17.7 Å². The third-order valence-corrected chi connectivity index (χ3v) is 2.49. The number of halogens is 1. The number of carbonyl (C=O) groups is 1. The van der Waals surface area contributed by atoms with Crippen LogP contribution in [0.5, 0.6) is 0 Å². The highest BCUT2D eigenvalue weighted by molar-refractivity contribution is 6.05. The van der Waals surface area contributed by atoms with Crippen molar-refractivity contribution in [3.8, 4) is 11.8 Å². The molecule has 106 valence electrons. The molecule has 1 aromatic heterocycles. The number of hydrogen-bond donors (Lipinski definition) is 2. The molecule has 1 heterocycles. The fourth-order valence-electron chi connectivity index (χ4n) is 1.58. The van der Waals surface area contributed by atoms with E-state index in [9.17, 15) is 9.18 Å². The molecule has 21 heavy (non-hydrogen) atoms. The molecule has 0 atom stereocenters. The minimum atomic E-state index is -0.487. The second-order valence-electron chi connectivity index (χ2n) is 4.01. The number of amides is 1. The Bertz CT molecular complexity index is 693. The average molecular weight is 285 g/mol. The van der Waals surface area contributed by atoms with Crippen molar-refractivity contribution in [1.82, 2.24) is 9.97 Å². The molecule has 2 N–H and O–H groups in total. The molecule has 0 saturated carbocycles. The topological polar surface area (TPSA) is 75.1 Å². The summed E-state index contributed by atoms with van der Waals surface area (Å²) in [5, 5.41) is 11.3. The second-order valence-corrected chi connectivity index (χ2v) is 4.01. The van der Waals surface area contributed by atoms with Gasteiger partial charge in [-0.05, 0) is 18.2 Å². The summed E-state index contributed by atoms with van der Waals surface area (Å²) < 4.78 is 13.3. The molecule has 2 rings (SSSR count). The monoisotopic (exact) mass is 285 g/mol. The van der Waals surface area contributed by atoms with Gasteiger partial charge in [0.15, 0.2) is 5.82 Å². The largest absolute Gasteiger partial charge is 0.395 e. The normalized spacial score (nSPS) is 9.62. The number of nitrogens with zero attached hydrogens (tertiary/aromatic N) is 2. The molecule has 6 heteroatoms. The summed E-state index contributed by atoms with van der Waals surface area (Å²) in [4.78, 5) is 19.9. The molecule has 0 spiro atoms. The van der Waals surface area contributed by atoms with Gasteiger partial charge in [0.2, 0.25) is 0 Å². The van der Waals surface area contributed by atoms with Crippen molar-refractivity contribution in [2.45, 2.75) is 6.42 Å². The zero-order valence-electron chi connectivity index (χ0n) is 11.0. The molecule has 0 unspecified atom stereocenters. The van der Waals surface area contributed by atoms with E-state index in [-0.39, 0.29) is 24.2 Å². The van der Waals surface area contributed by atoms with Crippen LogP contribution in [0.15, 0.2) is 36.8 Å². The number of carbonyl (C=O) groups excluding carboxylic acids is 1. The lowest BCUT2D eigenvalue weighted by atomic mass is 10.1. The number of aromatic nitrogens is 2. The van der Waals surface area contributed by atoms with Gasteiger partial charge in [-0.15, -0.1) is 0 Å². The highest BCUT2D eigenvalue weighted by Crippen LogP contribution is 2.12. The van der Waals surface area contributed by atoms with Crippen molar-refractivity contribution in [2.24, 2.45) is 0 Å². The summed E-state index contributed by atoms with van der Waals surface area (Å²) >= 11 is 0. The molecule has 1 aromatic carbocycles. The number of hydrogen-bond acceptors (Lipinski definition) is 4. The Hall–Kier alpha value is -2.78. The molecule has 5 nitrogen and oxygen atoms in total. The molecule has 1 amide bonds. The molecular formula is C15H12FN3O2. The van der Waals surface area contributed by atoms with Crippen molar-refractivity contribution in [3.05, 3.63) is 53.7 Å². The Morgan fingerprint density at radius 3 is 2.95 bits per heavy atom. The maximum atomic E-state index is 13.3. The summed E-state index contributed by atoms with van der Waals surface area (Å²) in [6.07, 6.45) is 4.59. The third-order valence-electron chi connectivity index (χ3n) is 2.49. The van der Waals surface area contributed by atoms with Gasteiger partial charge < -0.3 is 10.4 Å². The number of benzene rings is 1. The van der Waals surface area contributed by atoms with Gasteiger partial charge in [0.05, 0.1) is 18.4 Å². The van der Waals surface area contributed by atoms with E-state index < -0.39 is 11.7 Å². The molecular weight excluding hydrogens is 273 g/mol. The van der Waals surface area contributed by atoms with Crippen LogP contribution in [-0.4, -0.2) is 27.6 Å². The molecule has 0 bridgehead atoms. The van der Waals surface area contributed by atoms with Crippen LogP contribution in [0.4, 0.5) is 10.2 Å². The summed E-state index contributed by atoms with van der Waals surface area (Å²) in [5.74, 6) is 4.69. The highest BCUT2D eigenvalue weighted by Gasteiger charge is 2.12. The Morgan fingerprint density at radius 1 is 1.38 bits per heavy atom. The third kappa shape index (κ3) is 4.09. The van der Waals surface area contributed by atoms with Crippen molar-refractivity contribution in [3.63, 3.8) is 0 Å². The van der Waals surface area contributed by atoms with Crippen molar-refractivity contribution in [2.75, 3.05) is 11.9 Å². The van der Waals surface area contributed by atoms with E-state index in [0.717, 1.165) is 0 Å². The second kappa shape index (κ2) is 7.12. The molecule has 0 fully saturated rings. The van der Waals surface area contributed by atoms with Crippen LogP contribution in [0.25, 0.3) is 0 Å². The van der Waals surface area contributed by atoms with Gasteiger partial charge in [0, 0.05) is 24.4 Å². The molecule has 0 aliphatic carbocycles. The lowest BCUT2D eigenvalue weighted by Gasteiger charge is -2.06. The number of rotatable bonds is 3. The quantitative estimate of drug-likeness (QED) is 0.840. The van der Waals surface area contributed by atoms with E-state index in [1.165, 1.54) is 36.8 Å². The van der Waals surface area contributed by atoms with Gasteiger partial charge in [0.1, 0.15) is 5.82 Å². The first-order valence-electron chi connectivity index (χ1n) is 6.17. The molecule has 2 aromatic rings. The number of nitrogens with one attached hydrogen (secondary N) is 1. The summed E-state index contributed by atoms with van der Waals surface area (Å²) in [6, 6.07) is 3.71. The van der Waals surface area contributed by atoms with Crippen LogP contribution >= 0.6 is 0 Å². The van der Waals surface area contributed by atoms with Gasteiger partial charge in [-0.25, -0.2) is 9.37 Å². The fourth-order valence-corrected chi connectivity index (χ4v) is 1.58. The first-order chi connectivity index (χ1) is 10.2. The van der Waals surface area contributed by atoms with Crippen LogP contribution < -0.4 is 5.32 Å². The predicted molar refractivity (Wildman–Crippen MR) is 75.0 cm³/mol. The van der Waals surface area contributed by atoms with Crippen LogP contribution in [0.2, 0.25) is 0 Å². The standard InChI is InChI=1S/C15H12FN3O2/c16-12-4-5-13(11(9-12)3-1-2-8-20)15(21)19-14-10-17-6-7-18-14/h4-7,9-10,20H,2,8H2,(H,18,19,21). The van der Waals surface area contributed by atoms with Crippen molar-refractivity contribution >= 4 is 11.7 Å². The molecule has 0 aliphatic rings. The fraction of sp³-hybridized carbons (Fsp3) is 0.133. The Labute approximate surface area is 120 Å². The van der Waals surface area contributed by atoms with E-state index in [4.69, 9.17) is 5.11 Å². The summed E-state index contributed by atoms with van der Waals surface area (Å²) in [7, 11) is 0. The lowest BCUT2D eigenvalue weighted by molar-refractivity contribution is 0.102. The zero-order chi connectivity index (χ0) is 15.1. The lowest BCUT2D eigenvalue weighted by Crippen LogP contribution is -2.14. The predicted octanol–water partition coefficient (Wildman–Crippen LogP) is 1.60. The number of anilines is 1. The first-order valence-corrected chi connectivity index (χ1v) is 6.17. The number of aliphatic hydroxyl groups excluding tert-OH is 1. The van der Waals surface area contributed by atoms with E-state index in [2.05, 4.69) is 27.1 Å². The Kier molecular flexibility index (Phi) is 4.96. The van der Waals surface area contributed by atoms with Gasteiger partial charge in [-0.1, -0.05) is 11.8 Å². The zero-order valence-corrected chi connectivity index (χ0v) is 11.0. The van der Waals surface area contributed by atoms with Crippen molar-refractivity contribution in [1.29, 1.82) is 0 Å². The maximum absolute atomic E-state index is 13.3. The van der Waals surface area contributed by atoms with E-state index in [1.807, 2.05) is 0 Å². The van der Waals surface area contributed by atoms with Crippen LogP contribution in [-0.2, 0) is 0 Å². The van der Waals surface area contributed by atoms with Gasteiger partial charge >= 0.3 is 0 Å². The molecule has 0 aliphatic heterocycles. The smallest absolute Gasteiger partial charge is 0.258 e. The number of aliphatic hydroxyl groups is 1. The molecule has 0 saturated heterocycles. The maximum Gasteiger partial charge on any atom is 0.258 e. The van der Waals surface area contributed by atoms with E-state index in [0.29, 0.717) is 5.82 Å². The van der Waals surface area contributed by atoms with Gasteiger partial charge in [-0.3, -0.25) is 9.78 Å². The van der Waals surface area contributed by atoms with E-state index >= 15 is 0 Å². The highest BCUT2D eigenvalue weighted by atomic mass is 19.1. The first kappa shape index (κ1) is 14.6. The van der Waals surface area contributed by atoms with E-state index in [1.54, 1.807) is 0 Å². The minimum absolute atomic E-state index is 0.0938. The summed E-state index contributed by atoms with van der Waals surface area (Å²) in [6.45, 7) is -0.0938. The average Bonchev–Trinajstić information content (AvgIpc) is 2.48. The molecule has 0 radical (unpaired) electrons. The van der Waals surface area contributed by atoms with Crippen molar-refractivity contribution < 1.29 is 14.3 Å². The van der Waals surface area contributed by atoms with Crippen LogP contribution in [0.1, 0.15) is 22.3 Å². The van der Waals surface area contributed by atoms with Crippen LogP contribution in [0.3, 0.4) is 0 Å². The van der Waals surface area contributed by atoms with Gasteiger partial charge in [0.25, 0.3) is 5.91 Å². The Morgan fingerprint density at radius 2 is 2.24 bits per heavy atom. The Balaban J connectivity index is 2.26. The SMILES string of the molecule is O=C(Nc1cnccn1)c1ccc(F)cc1C#CCCO. The summed E-state index contributed by atoms with van der Waals surface area (Å²) in [5.41, 5.74) is 0.484.